The maximum absolute atomic E-state index is 10.7. The van der Waals surface area contributed by atoms with Crippen molar-refractivity contribution in [3.63, 3.8) is 0 Å². The van der Waals surface area contributed by atoms with E-state index in [1.54, 1.807) is 17.6 Å². The third-order valence-electron chi connectivity index (χ3n) is 2.05. The molecule has 1 heterocycles. The van der Waals surface area contributed by atoms with Crippen LogP contribution in [0.4, 0.5) is 0 Å². The summed E-state index contributed by atoms with van der Waals surface area (Å²) in [6.07, 6.45) is 0. The summed E-state index contributed by atoms with van der Waals surface area (Å²) in [6, 6.07) is 2.20. The SMILES string of the molecule is NC(C(=O)O)c1cc2ncsc2cc1Cl. The average Bonchev–Trinajstić information content (AvgIpc) is 2.62. The summed E-state index contributed by atoms with van der Waals surface area (Å²) in [6.45, 7) is 0. The molecule has 4 nitrogen and oxygen atoms in total. The number of fused-ring (bicyclic) bond motifs is 1. The molecule has 1 atom stereocenters. The number of rotatable bonds is 2. The van der Waals surface area contributed by atoms with Crippen molar-refractivity contribution >= 4 is 39.1 Å². The van der Waals surface area contributed by atoms with Gasteiger partial charge in [0.15, 0.2) is 0 Å². The highest BCUT2D eigenvalue weighted by Crippen LogP contribution is 2.29. The Balaban J connectivity index is 2.59. The lowest BCUT2D eigenvalue weighted by Gasteiger charge is -2.08. The van der Waals surface area contributed by atoms with E-state index < -0.39 is 12.0 Å². The number of hydrogen-bond donors (Lipinski definition) is 2. The zero-order valence-electron chi connectivity index (χ0n) is 7.48. The summed E-state index contributed by atoms with van der Waals surface area (Å²) >= 11 is 7.38. The summed E-state index contributed by atoms with van der Waals surface area (Å²) < 4.78 is 0.918. The molecular formula is C9H7ClN2O2S. The monoisotopic (exact) mass is 242 g/mol. The predicted octanol–water partition coefficient (Wildman–Crippen LogP) is 2.03. The smallest absolute Gasteiger partial charge is 0.325 e. The summed E-state index contributed by atoms with van der Waals surface area (Å²) in [5, 5.41) is 9.14. The summed E-state index contributed by atoms with van der Waals surface area (Å²) in [5.74, 6) is -1.11. The fourth-order valence-electron chi connectivity index (χ4n) is 1.27. The molecule has 15 heavy (non-hydrogen) atoms. The second-order valence-electron chi connectivity index (χ2n) is 3.01. The first-order valence-electron chi connectivity index (χ1n) is 4.10. The number of carboxylic acids is 1. The minimum absolute atomic E-state index is 0.363. The molecule has 3 N–H and O–H groups in total. The summed E-state index contributed by atoms with van der Waals surface area (Å²) in [5.41, 5.74) is 8.28. The highest BCUT2D eigenvalue weighted by molar-refractivity contribution is 7.16. The van der Waals surface area contributed by atoms with Gasteiger partial charge in [0.25, 0.3) is 0 Å². The van der Waals surface area contributed by atoms with Crippen LogP contribution in [0.3, 0.4) is 0 Å². The highest BCUT2D eigenvalue weighted by Gasteiger charge is 2.18. The molecule has 1 aromatic carbocycles. The maximum atomic E-state index is 10.7. The van der Waals surface area contributed by atoms with E-state index in [-0.39, 0.29) is 0 Å². The van der Waals surface area contributed by atoms with Gasteiger partial charge >= 0.3 is 5.97 Å². The minimum Gasteiger partial charge on any atom is -0.480 e. The van der Waals surface area contributed by atoms with Crippen molar-refractivity contribution in [3.05, 3.63) is 28.2 Å². The Hall–Kier alpha value is -1.17. The van der Waals surface area contributed by atoms with E-state index in [2.05, 4.69) is 4.98 Å². The first kappa shape index (κ1) is 10.4. The van der Waals surface area contributed by atoms with Gasteiger partial charge < -0.3 is 10.8 Å². The Morgan fingerprint density at radius 2 is 2.33 bits per heavy atom. The lowest BCUT2D eigenvalue weighted by Crippen LogP contribution is -2.20. The summed E-state index contributed by atoms with van der Waals surface area (Å²) in [4.78, 5) is 14.8. The fraction of sp³-hybridized carbons (Fsp3) is 0.111. The second-order valence-corrected chi connectivity index (χ2v) is 4.30. The van der Waals surface area contributed by atoms with Crippen molar-refractivity contribution < 1.29 is 9.90 Å². The molecule has 0 fully saturated rings. The van der Waals surface area contributed by atoms with Crippen LogP contribution in [0.1, 0.15) is 11.6 Å². The Bertz CT molecular complexity index is 526. The number of halogens is 1. The molecule has 1 unspecified atom stereocenters. The van der Waals surface area contributed by atoms with Gasteiger partial charge in [-0.05, 0) is 12.1 Å². The second kappa shape index (κ2) is 3.77. The van der Waals surface area contributed by atoms with Gasteiger partial charge in [-0.25, -0.2) is 4.98 Å². The van der Waals surface area contributed by atoms with Gasteiger partial charge in [-0.1, -0.05) is 11.6 Å². The van der Waals surface area contributed by atoms with Crippen LogP contribution >= 0.6 is 22.9 Å². The van der Waals surface area contributed by atoms with E-state index in [9.17, 15) is 4.79 Å². The molecule has 0 aliphatic rings. The van der Waals surface area contributed by atoms with Gasteiger partial charge in [0.2, 0.25) is 0 Å². The van der Waals surface area contributed by atoms with Gasteiger partial charge in [-0.2, -0.15) is 0 Å². The molecule has 0 aliphatic heterocycles. The van der Waals surface area contributed by atoms with Crippen molar-refractivity contribution in [2.45, 2.75) is 6.04 Å². The van der Waals surface area contributed by atoms with Crippen LogP contribution in [0, 0.1) is 0 Å². The molecular weight excluding hydrogens is 236 g/mol. The van der Waals surface area contributed by atoms with Crippen LogP contribution < -0.4 is 5.73 Å². The first-order valence-corrected chi connectivity index (χ1v) is 5.36. The van der Waals surface area contributed by atoms with Crippen molar-refractivity contribution in [2.75, 3.05) is 0 Å². The molecule has 0 amide bonds. The van der Waals surface area contributed by atoms with E-state index in [0.717, 1.165) is 10.2 Å². The summed E-state index contributed by atoms with van der Waals surface area (Å²) in [7, 11) is 0. The number of hydrogen-bond acceptors (Lipinski definition) is 4. The molecule has 0 bridgehead atoms. The van der Waals surface area contributed by atoms with Gasteiger partial charge in [0.05, 0.1) is 15.7 Å². The normalized spacial score (nSPS) is 12.9. The number of nitrogens with two attached hydrogens (primary N) is 1. The lowest BCUT2D eigenvalue weighted by atomic mass is 10.1. The van der Waals surface area contributed by atoms with E-state index in [1.807, 2.05) is 0 Å². The standard InChI is InChI=1S/C9H7ClN2O2S/c10-5-2-7-6(12-3-15-7)1-4(5)8(11)9(13)14/h1-3,8H,11H2,(H,13,14). The lowest BCUT2D eigenvalue weighted by molar-refractivity contribution is -0.138. The zero-order valence-corrected chi connectivity index (χ0v) is 9.05. The number of aliphatic carboxylic acids is 1. The van der Waals surface area contributed by atoms with Crippen molar-refractivity contribution in [1.29, 1.82) is 0 Å². The predicted molar refractivity (Wildman–Crippen MR) is 59.2 cm³/mol. The third-order valence-corrected chi connectivity index (χ3v) is 3.17. The molecule has 0 aliphatic carbocycles. The number of nitrogens with zero attached hydrogens (tertiary/aromatic N) is 1. The Labute approximate surface area is 94.3 Å². The van der Waals surface area contributed by atoms with Crippen molar-refractivity contribution in [1.82, 2.24) is 4.98 Å². The van der Waals surface area contributed by atoms with E-state index in [4.69, 9.17) is 22.4 Å². The molecule has 1 aromatic heterocycles. The number of thiazole rings is 1. The molecule has 2 aromatic rings. The van der Waals surface area contributed by atoms with Crippen LogP contribution in [0.25, 0.3) is 10.2 Å². The topological polar surface area (TPSA) is 76.2 Å². The number of carbonyl (C=O) groups is 1. The van der Waals surface area contributed by atoms with E-state index in [0.29, 0.717) is 10.6 Å². The van der Waals surface area contributed by atoms with Crippen molar-refractivity contribution in [3.8, 4) is 0 Å². The number of aromatic nitrogens is 1. The molecule has 78 valence electrons. The average molecular weight is 243 g/mol. The van der Waals surface area contributed by atoms with Gasteiger partial charge in [-0.15, -0.1) is 11.3 Å². The van der Waals surface area contributed by atoms with Crippen LogP contribution in [-0.2, 0) is 4.79 Å². The van der Waals surface area contributed by atoms with Crippen LogP contribution in [-0.4, -0.2) is 16.1 Å². The first-order chi connectivity index (χ1) is 7.09. The largest absolute Gasteiger partial charge is 0.480 e. The van der Waals surface area contributed by atoms with Crippen LogP contribution in [0.2, 0.25) is 5.02 Å². The van der Waals surface area contributed by atoms with Gasteiger partial charge in [-0.3, -0.25) is 4.79 Å². The Morgan fingerprint density at radius 3 is 3.00 bits per heavy atom. The van der Waals surface area contributed by atoms with Gasteiger partial charge in [0.1, 0.15) is 6.04 Å². The van der Waals surface area contributed by atoms with Gasteiger partial charge in [0, 0.05) is 10.6 Å². The molecule has 0 saturated heterocycles. The minimum atomic E-state index is -1.11. The highest BCUT2D eigenvalue weighted by atomic mass is 35.5. The fourth-order valence-corrected chi connectivity index (χ4v) is 2.31. The van der Waals surface area contributed by atoms with Crippen molar-refractivity contribution in [2.24, 2.45) is 5.73 Å². The quantitative estimate of drug-likeness (QED) is 0.845. The molecule has 0 saturated carbocycles. The molecule has 0 spiro atoms. The Morgan fingerprint density at radius 1 is 1.60 bits per heavy atom. The Kier molecular flexibility index (Phi) is 2.60. The number of carboxylic acid groups (broad SMARTS) is 1. The zero-order chi connectivity index (χ0) is 11.0. The number of benzene rings is 1. The molecule has 0 radical (unpaired) electrons. The molecule has 6 heteroatoms. The van der Waals surface area contributed by atoms with Crippen LogP contribution in [0.15, 0.2) is 17.6 Å². The van der Waals surface area contributed by atoms with Crippen LogP contribution in [0.5, 0.6) is 0 Å². The van der Waals surface area contributed by atoms with E-state index >= 15 is 0 Å². The molecule has 2 rings (SSSR count). The third kappa shape index (κ3) is 1.81. The maximum Gasteiger partial charge on any atom is 0.325 e. The van der Waals surface area contributed by atoms with E-state index in [1.165, 1.54) is 11.3 Å².